The highest BCUT2D eigenvalue weighted by atomic mass is 32.1. The van der Waals surface area contributed by atoms with E-state index in [-0.39, 0.29) is 0 Å². The summed E-state index contributed by atoms with van der Waals surface area (Å²) in [6, 6.07) is 0.493. The molecule has 1 saturated carbocycles. The minimum absolute atomic E-state index is 0.493. The Labute approximate surface area is 85.4 Å². The van der Waals surface area contributed by atoms with Crippen LogP contribution in [-0.4, -0.2) is 11.2 Å². The van der Waals surface area contributed by atoms with Crippen molar-refractivity contribution in [2.75, 3.05) is 0 Å². The quantitative estimate of drug-likeness (QED) is 0.338. The fraction of sp³-hybridized carbons (Fsp3) is 0.889. The zero-order valence-corrected chi connectivity index (χ0v) is 9.16. The molecule has 13 heavy (non-hydrogen) atoms. The molecule has 4 heteroatoms. The minimum atomic E-state index is 0.493. The zero-order chi connectivity index (χ0) is 9.84. The largest absolute Gasteiger partial charge is 0.359 e. The second-order valence-electron chi connectivity index (χ2n) is 3.99. The fourth-order valence-corrected chi connectivity index (χ4v) is 2.15. The summed E-state index contributed by atoms with van der Waals surface area (Å²) in [7, 11) is 0. The summed E-state index contributed by atoms with van der Waals surface area (Å²) in [5.41, 5.74) is 2.47. The molecule has 1 aliphatic rings. The van der Waals surface area contributed by atoms with E-state index < -0.39 is 0 Å². The van der Waals surface area contributed by atoms with Crippen LogP contribution in [0.4, 0.5) is 0 Å². The van der Waals surface area contributed by atoms with E-state index in [1.54, 1.807) is 0 Å². The molecule has 0 spiro atoms. The predicted octanol–water partition coefficient (Wildman–Crippen LogP) is 1.15. The Morgan fingerprint density at radius 3 is 2.69 bits per heavy atom. The lowest BCUT2D eigenvalue weighted by Crippen LogP contribution is -2.49. The summed E-state index contributed by atoms with van der Waals surface area (Å²) < 4.78 is 0. The number of thiocarbonyl (C=S) groups is 1. The van der Waals surface area contributed by atoms with E-state index in [0.717, 1.165) is 5.92 Å². The van der Waals surface area contributed by atoms with Gasteiger partial charge in [-0.2, -0.15) is 0 Å². The van der Waals surface area contributed by atoms with E-state index in [1.807, 2.05) is 0 Å². The lowest BCUT2D eigenvalue weighted by Gasteiger charge is -2.35. The van der Waals surface area contributed by atoms with Crippen LogP contribution in [0.5, 0.6) is 0 Å². The first-order valence-electron chi connectivity index (χ1n) is 4.92. The molecule has 0 saturated heterocycles. The van der Waals surface area contributed by atoms with Gasteiger partial charge >= 0.3 is 0 Å². The summed E-state index contributed by atoms with van der Waals surface area (Å²) in [5, 5.41) is 3.81. The van der Waals surface area contributed by atoms with Crippen LogP contribution < -0.4 is 16.6 Å². The lowest BCUT2D eigenvalue weighted by atomic mass is 9.78. The Morgan fingerprint density at radius 2 is 2.08 bits per heavy atom. The van der Waals surface area contributed by atoms with Gasteiger partial charge < -0.3 is 10.7 Å². The molecule has 0 heterocycles. The molecule has 76 valence electrons. The molecule has 1 fully saturated rings. The number of nitrogens with one attached hydrogen (secondary N) is 2. The Kier molecular flexibility index (Phi) is 3.93. The number of rotatable bonds is 1. The topological polar surface area (TPSA) is 50.1 Å². The molecule has 0 aromatic heterocycles. The number of hydrogen-bond acceptors (Lipinski definition) is 2. The summed E-state index contributed by atoms with van der Waals surface area (Å²) in [4.78, 5) is 0. The molecule has 0 unspecified atom stereocenters. The molecule has 0 amide bonds. The van der Waals surface area contributed by atoms with Gasteiger partial charge in [0.25, 0.3) is 0 Å². The molecular formula is C9H19N3S. The standard InChI is InChI=1S/C9H19N3S/c1-6-4-3-5-8(7(6)2)11-9(13)12-10/h6-8H,3-5,10H2,1-2H3,(H2,11,12,13)/t6-,7+,8-/m1/s1. The molecule has 0 aromatic carbocycles. The predicted molar refractivity (Wildman–Crippen MR) is 59.0 cm³/mol. The van der Waals surface area contributed by atoms with Crippen LogP contribution in [0.1, 0.15) is 33.1 Å². The Balaban J connectivity index is 2.43. The average molecular weight is 201 g/mol. The van der Waals surface area contributed by atoms with Crippen molar-refractivity contribution in [3.8, 4) is 0 Å². The minimum Gasteiger partial charge on any atom is -0.359 e. The summed E-state index contributed by atoms with van der Waals surface area (Å²) in [5.74, 6) is 6.68. The Bertz CT molecular complexity index is 184. The molecule has 0 bridgehead atoms. The van der Waals surface area contributed by atoms with Crippen LogP contribution in [0.15, 0.2) is 0 Å². The summed E-state index contributed by atoms with van der Waals surface area (Å²) in [6.07, 6.45) is 3.83. The Hall–Kier alpha value is -0.350. The molecular weight excluding hydrogens is 182 g/mol. The number of nitrogens with two attached hydrogens (primary N) is 1. The van der Waals surface area contributed by atoms with Crippen molar-refractivity contribution in [2.45, 2.75) is 39.2 Å². The molecule has 1 rings (SSSR count). The van der Waals surface area contributed by atoms with Crippen LogP contribution >= 0.6 is 12.2 Å². The van der Waals surface area contributed by atoms with Gasteiger partial charge in [0.1, 0.15) is 0 Å². The first-order chi connectivity index (χ1) is 6.15. The molecule has 0 radical (unpaired) electrons. The second kappa shape index (κ2) is 4.77. The number of hydrogen-bond donors (Lipinski definition) is 3. The van der Waals surface area contributed by atoms with Gasteiger partial charge in [-0.05, 0) is 30.5 Å². The maximum Gasteiger partial charge on any atom is 0.180 e. The van der Waals surface area contributed by atoms with E-state index in [4.69, 9.17) is 18.1 Å². The van der Waals surface area contributed by atoms with Gasteiger partial charge in [-0.15, -0.1) is 0 Å². The lowest BCUT2D eigenvalue weighted by molar-refractivity contribution is 0.224. The third-order valence-corrected chi connectivity index (χ3v) is 3.39. The molecule has 1 aliphatic carbocycles. The van der Waals surface area contributed by atoms with E-state index >= 15 is 0 Å². The molecule has 3 atom stereocenters. The molecule has 0 aliphatic heterocycles. The van der Waals surface area contributed by atoms with Gasteiger partial charge in [-0.25, -0.2) is 5.84 Å². The van der Waals surface area contributed by atoms with Crippen molar-refractivity contribution in [3.05, 3.63) is 0 Å². The van der Waals surface area contributed by atoms with Crippen molar-refractivity contribution >= 4 is 17.3 Å². The highest BCUT2D eigenvalue weighted by Gasteiger charge is 2.27. The van der Waals surface area contributed by atoms with Gasteiger partial charge in [0.2, 0.25) is 0 Å². The number of hydrazine groups is 1. The second-order valence-corrected chi connectivity index (χ2v) is 4.40. The van der Waals surface area contributed by atoms with Crippen LogP contribution in [-0.2, 0) is 0 Å². The van der Waals surface area contributed by atoms with Gasteiger partial charge in [0.15, 0.2) is 5.11 Å². The third kappa shape index (κ3) is 2.81. The van der Waals surface area contributed by atoms with E-state index in [1.165, 1.54) is 19.3 Å². The highest BCUT2D eigenvalue weighted by molar-refractivity contribution is 7.80. The summed E-state index contributed by atoms with van der Waals surface area (Å²) >= 11 is 4.98. The third-order valence-electron chi connectivity index (χ3n) is 3.15. The Morgan fingerprint density at radius 1 is 1.38 bits per heavy atom. The van der Waals surface area contributed by atoms with Crippen molar-refractivity contribution in [1.82, 2.24) is 10.7 Å². The van der Waals surface area contributed by atoms with Crippen LogP contribution in [0.2, 0.25) is 0 Å². The van der Waals surface area contributed by atoms with E-state index in [2.05, 4.69) is 24.6 Å². The van der Waals surface area contributed by atoms with Gasteiger partial charge in [0.05, 0.1) is 0 Å². The monoisotopic (exact) mass is 201 g/mol. The normalized spacial score (nSPS) is 33.9. The highest BCUT2D eigenvalue weighted by Crippen LogP contribution is 2.29. The van der Waals surface area contributed by atoms with Crippen LogP contribution in [0.25, 0.3) is 0 Å². The first-order valence-corrected chi connectivity index (χ1v) is 5.33. The summed E-state index contributed by atoms with van der Waals surface area (Å²) in [6.45, 7) is 4.58. The maximum atomic E-state index is 5.22. The van der Waals surface area contributed by atoms with Gasteiger partial charge in [0, 0.05) is 6.04 Å². The molecule has 3 nitrogen and oxygen atoms in total. The average Bonchev–Trinajstić information content (AvgIpc) is 2.13. The van der Waals surface area contributed by atoms with Crippen LogP contribution in [0.3, 0.4) is 0 Å². The molecule has 4 N–H and O–H groups in total. The zero-order valence-electron chi connectivity index (χ0n) is 8.34. The SMILES string of the molecule is C[C@H]1[C@H](C)CCC[C@H]1NC(=S)NN. The van der Waals surface area contributed by atoms with E-state index in [9.17, 15) is 0 Å². The van der Waals surface area contributed by atoms with Crippen LogP contribution in [0, 0.1) is 11.8 Å². The fourth-order valence-electron chi connectivity index (χ4n) is 2.00. The maximum absolute atomic E-state index is 5.22. The van der Waals surface area contributed by atoms with Crippen molar-refractivity contribution in [2.24, 2.45) is 17.7 Å². The molecule has 0 aromatic rings. The van der Waals surface area contributed by atoms with Crippen molar-refractivity contribution in [3.63, 3.8) is 0 Å². The van der Waals surface area contributed by atoms with Gasteiger partial charge in [-0.1, -0.05) is 26.7 Å². The first kappa shape index (κ1) is 10.7. The smallest absolute Gasteiger partial charge is 0.180 e. The van der Waals surface area contributed by atoms with Crippen molar-refractivity contribution < 1.29 is 0 Å². The van der Waals surface area contributed by atoms with E-state index in [0.29, 0.717) is 17.1 Å². The van der Waals surface area contributed by atoms with Gasteiger partial charge in [-0.3, -0.25) is 0 Å². The van der Waals surface area contributed by atoms with Crippen molar-refractivity contribution in [1.29, 1.82) is 0 Å².